The lowest BCUT2D eigenvalue weighted by atomic mass is 9.99. The Balaban J connectivity index is 2.12. The van der Waals surface area contributed by atoms with Gasteiger partial charge in [0.1, 0.15) is 0 Å². The van der Waals surface area contributed by atoms with Crippen molar-refractivity contribution in [3.8, 4) is 0 Å². The third-order valence-corrected chi connectivity index (χ3v) is 6.95. The Kier molecular flexibility index (Phi) is 7.20. The molecule has 1 amide bonds. The summed E-state index contributed by atoms with van der Waals surface area (Å²) in [5, 5.41) is 2.89. The Hall–Kier alpha value is -1.44. The van der Waals surface area contributed by atoms with Crippen LogP contribution in [0.3, 0.4) is 0 Å². The number of nitrogens with one attached hydrogen (secondary N) is 1. The zero-order valence-corrected chi connectivity index (χ0v) is 17.0. The Labute approximate surface area is 157 Å². The molecule has 1 aliphatic heterocycles. The van der Waals surface area contributed by atoms with Crippen LogP contribution >= 0.6 is 0 Å². The van der Waals surface area contributed by atoms with E-state index < -0.39 is 10.0 Å². The second-order valence-corrected chi connectivity index (χ2v) is 8.94. The smallest absolute Gasteiger partial charge is 0.243 e. The number of rotatable bonds is 7. The standard InChI is InChI=1S/C19H30N2O4S/c1-14-11-15(2)18(16(3)12-14)26(23,24)21-9-5-7-17(13-21)19(22)20-8-6-10-25-4/h11-12,17H,5-10,13H2,1-4H3,(H,20,22)/t17-/m0/s1. The van der Waals surface area contributed by atoms with E-state index in [4.69, 9.17) is 4.74 Å². The van der Waals surface area contributed by atoms with Gasteiger partial charge in [-0.05, 0) is 51.2 Å². The molecule has 1 saturated heterocycles. The summed E-state index contributed by atoms with van der Waals surface area (Å²) in [5.41, 5.74) is 2.56. The lowest BCUT2D eigenvalue weighted by Gasteiger charge is -2.32. The van der Waals surface area contributed by atoms with Crippen molar-refractivity contribution in [1.29, 1.82) is 0 Å². The molecule has 0 aliphatic carbocycles. The highest BCUT2D eigenvalue weighted by molar-refractivity contribution is 7.89. The Morgan fingerprint density at radius 3 is 2.54 bits per heavy atom. The first-order valence-corrected chi connectivity index (χ1v) is 10.6. The highest BCUT2D eigenvalue weighted by atomic mass is 32.2. The van der Waals surface area contributed by atoms with Crippen molar-refractivity contribution in [3.63, 3.8) is 0 Å². The van der Waals surface area contributed by atoms with Crippen LogP contribution in [-0.2, 0) is 19.6 Å². The molecular formula is C19H30N2O4S. The van der Waals surface area contributed by atoms with Gasteiger partial charge in [0, 0.05) is 33.4 Å². The fourth-order valence-electron chi connectivity index (χ4n) is 3.65. The summed E-state index contributed by atoms with van der Waals surface area (Å²) in [6.07, 6.45) is 2.16. The van der Waals surface area contributed by atoms with Crippen LogP contribution in [0.25, 0.3) is 0 Å². The molecule has 7 heteroatoms. The molecule has 1 aromatic rings. The van der Waals surface area contributed by atoms with Gasteiger partial charge in [0.05, 0.1) is 10.8 Å². The average Bonchev–Trinajstić information content (AvgIpc) is 2.57. The van der Waals surface area contributed by atoms with Gasteiger partial charge in [0.2, 0.25) is 15.9 Å². The fraction of sp³-hybridized carbons (Fsp3) is 0.632. The highest BCUT2D eigenvalue weighted by Gasteiger charge is 2.34. The SMILES string of the molecule is COCCCNC(=O)[C@H]1CCCN(S(=O)(=O)c2c(C)cc(C)cc2C)C1. The van der Waals surface area contributed by atoms with E-state index in [0.717, 1.165) is 23.1 Å². The molecule has 0 saturated carbocycles. The van der Waals surface area contributed by atoms with Crippen molar-refractivity contribution in [1.82, 2.24) is 9.62 Å². The summed E-state index contributed by atoms with van der Waals surface area (Å²) < 4.78 is 32.8. The quantitative estimate of drug-likeness (QED) is 0.734. The Morgan fingerprint density at radius 1 is 1.27 bits per heavy atom. The van der Waals surface area contributed by atoms with Gasteiger partial charge in [0.25, 0.3) is 0 Å². The van der Waals surface area contributed by atoms with Crippen molar-refractivity contribution in [2.75, 3.05) is 33.4 Å². The lowest BCUT2D eigenvalue weighted by molar-refractivity contribution is -0.126. The Morgan fingerprint density at radius 2 is 1.92 bits per heavy atom. The number of benzene rings is 1. The van der Waals surface area contributed by atoms with Gasteiger partial charge in [-0.1, -0.05) is 17.7 Å². The van der Waals surface area contributed by atoms with E-state index in [2.05, 4.69) is 5.32 Å². The van der Waals surface area contributed by atoms with Crippen molar-refractivity contribution >= 4 is 15.9 Å². The highest BCUT2D eigenvalue weighted by Crippen LogP contribution is 2.28. The summed E-state index contributed by atoms with van der Waals surface area (Å²) in [4.78, 5) is 12.8. The molecule has 6 nitrogen and oxygen atoms in total. The molecular weight excluding hydrogens is 352 g/mol. The van der Waals surface area contributed by atoms with Gasteiger partial charge in [0.15, 0.2) is 0 Å². The van der Waals surface area contributed by atoms with Crippen molar-refractivity contribution in [2.45, 2.75) is 44.9 Å². The summed E-state index contributed by atoms with van der Waals surface area (Å²) in [6, 6.07) is 3.79. The molecule has 1 aliphatic rings. The first kappa shape index (κ1) is 20.9. The number of ether oxygens (including phenoxy) is 1. The predicted molar refractivity (Wildman–Crippen MR) is 102 cm³/mol. The molecule has 0 radical (unpaired) electrons. The average molecular weight is 383 g/mol. The van der Waals surface area contributed by atoms with E-state index in [1.54, 1.807) is 7.11 Å². The summed E-state index contributed by atoms with van der Waals surface area (Å²) in [5.74, 6) is -0.370. The molecule has 146 valence electrons. The number of sulfonamides is 1. The van der Waals surface area contributed by atoms with Crippen LogP contribution in [0, 0.1) is 26.7 Å². The minimum absolute atomic E-state index is 0.0710. The van der Waals surface area contributed by atoms with E-state index >= 15 is 0 Å². The molecule has 0 spiro atoms. The van der Waals surface area contributed by atoms with Crippen molar-refractivity contribution in [2.24, 2.45) is 5.92 Å². The predicted octanol–water partition coefficient (Wildman–Crippen LogP) is 2.17. The number of amides is 1. The number of hydrogen-bond donors (Lipinski definition) is 1. The molecule has 0 aromatic heterocycles. The number of aryl methyl sites for hydroxylation is 3. The molecule has 2 rings (SSSR count). The van der Waals surface area contributed by atoms with E-state index in [9.17, 15) is 13.2 Å². The van der Waals surface area contributed by atoms with Crippen molar-refractivity contribution in [3.05, 3.63) is 28.8 Å². The van der Waals surface area contributed by atoms with Gasteiger partial charge in [-0.2, -0.15) is 4.31 Å². The molecule has 0 unspecified atom stereocenters. The van der Waals surface area contributed by atoms with Crippen LogP contribution in [-0.4, -0.2) is 52.0 Å². The van der Waals surface area contributed by atoms with Gasteiger partial charge in [-0.25, -0.2) is 8.42 Å². The van der Waals surface area contributed by atoms with E-state index in [-0.39, 0.29) is 18.4 Å². The minimum atomic E-state index is -3.60. The number of hydrogen-bond acceptors (Lipinski definition) is 4. The molecule has 1 atom stereocenters. The molecule has 1 N–H and O–H groups in total. The minimum Gasteiger partial charge on any atom is -0.385 e. The largest absolute Gasteiger partial charge is 0.385 e. The second-order valence-electron chi connectivity index (χ2n) is 7.07. The Bertz CT molecular complexity index is 723. The monoisotopic (exact) mass is 382 g/mol. The van der Waals surface area contributed by atoms with Crippen LogP contribution < -0.4 is 5.32 Å². The third-order valence-electron chi connectivity index (χ3n) is 4.78. The van der Waals surface area contributed by atoms with Crippen LogP contribution in [0.5, 0.6) is 0 Å². The zero-order valence-electron chi connectivity index (χ0n) is 16.2. The van der Waals surface area contributed by atoms with Gasteiger partial charge < -0.3 is 10.1 Å². The number of piperidine rings is 1. The maximum atomic E-state index is 13.2. The van der Waals surface area contributed by atoms with Gasteiger partial charge in [-0.15, -0.1) is 0 Å². The van der Waals surface area contributed by atoms with E-state index in [0.29, 0.717) is 37.4 Å². The summed E-state index contributed by atoms with van der Waals surface area (Å²) in [6.45, 7) is 7.46. The lowest BCUT2D eigenvalue weighted by Crippen LogP contribution is -2.45. The topological polar surface area (TPSA) is 75.7 Å². The molecule has 1 heterocycles. The number of carbonyl (C=O) groups excluding carboxylic acids is 1. The van der Waals surface area contributed by atoms with Gasteiger partial charge >= 0.3 is 0 Å². The molecule has 26 heavy (non-hydrogen) atoms. The summed E-state index contributed by atoms with van der Waals surface area (Å²) in [7, 11) is -1.98. The number of methoxy groups -OCH3 is 1. The van der Waals surface area contributed by atoms with E-state index in [1.807, 2.05) is 32.9 Å². The van der Waals surface area contributed by atoms with Crippen LogP contribution in [0.4, 0.5) is 0 Å². The van der Waals surface area contributed by atoms with Crippen LogP contribution in [0.15, 0.2) is 17.0 Å². The van der Waals surface area contributed by atoms with E-state index in [1.165, 1.54) is 4.31 Å². The second kappa shape index (κ2) is 8.97. The zero-order chi connectivity index (χ0) is 19.3. The van der Waals surface area contributed by atoms with Gasteiger partial charge in [-0.3, -0.25) is 4.79 Å². The first-order valence-electron chi connectivity index (χ1n) is 9.12. The molecule has 1 aromatic carbocycles. The van der Waals surface area contributed by atoms with Crippen LogP contribution in [0.1, 0.15) is 36.0 Å². The maximum Gasteiger partial charge on any atom is 0.243 e. The maximum absolute atomic E-state index is 13.2. The number of carbonyl (C=O) groups is 1. The molecule has 0 bridgehead atoms. The molecule has 1 fully saturated rings. The third kappa shape index (κ3) is 4.84. The van der Waals surface area contributed by atoms with Crippen molar-refractivity contribution < 1.29 is 17.9 Å². The normalized spacial score (nSPS) is 18.7. The summed E-state index contributed by atoms with van der Waals surface area (Å²) >= 11 is 0. The number of nitrogens with zero attached hydrogens (tertiary/aromatic N) is 1. The first-order chi connectivity index (χ1) is 12.3. The van der Waals surface area contributed by atoms with Crippen LogP contribution in [0.2, 0.25) is 0 Å². The fourth-order valence-corrected chi connectivity index (χ4v) is 5.59.